The zero-order valence-electron chi connectivity index (χ0n) is 13.4. The van der Waals surface area contributed by atoms with Gasteiger partial charge in [0.25, 0.3) is 0 Å². The van der Waals surface area contributed by atoms with Crippen LogP contribution in [0.5, 0.6) is 0 Å². The molecule has 0 bridgehead atoms. The molecule has 0 aromatic carbocycles. The summed E-state index contributed by atoms with van der Waals surface area (Å²) in [6.07, 6.45) is 5.88. The largest absolute Gasteiger partial charge is 0.337 e. The van der Waals surface area contributed by atoms with Crippen LogP contribution in [0, 0.1) is 5.92 Å². The van der Waals surface area contributed by atoms with Crippen LogP contribution in [0.2, 0.25) is 0 Å². The fourth-order valence-corrected chi connectivity index (χ4v) is 4.36. The van der Waals surface area contributed by atoms with E-state index in [-0.39, 0.29) is 6.03 Å². The van der Waals surface area contributed by atoms with E-state index in [4.69, 9.17) is 0 Å². The molecule has 5 heteroatoms. The van der Waals surface area contributed by atoms with E-state index in [0.29, 0.717) is 6.04 Å². The molecule has 1 aromatic heterocycles. The molecule has 1 aliphatic heterocycles. The number of hydrogen-bond donors (Lipinski definition) is 2. The van der Waals surface area contributed by atoms with Gasteiger partial charge in [-0.2, -0.15) is 0 Å². The predicted octanol–water partition coefficient (Wildman–Crippen LogP) is 2.98. The fraction of sp³-hybridized carbons (Fsp3) is 0.706. The molecule has 0 atom stereocenters. The molecule has 2 amide bonds. The minimum Gasteiger partial charge on any atom is -0.337 e. The fourth-order valence-electron chi connectivity index (χ4n) is 3.47. The van der Waals surface area contributed by atoms with Gasteiger partial charge in [-0.05, 0) is 55.0 Å². The molecule has 1 aromatic rings. The van der Waals surface area contributed by atoms with E-state index in [0.717, 1.165) is 51.4 Å². The number of amides is 2. The minimum atomic E-state index is 0.00721. The lowest BCUT2D eigenvalue weighted by atomic mass is 9.87. The number of carbonyl (C=O) groups is 1. The molecule has 22 heavy (non-hydrogen) atoms. The molecule has 122 valence electrons. The van der Waals surface area contributed by atoms with E-state index in [1.54, 1.807) is 0 Å². The van der Waals surface area contributed by atoms with Gasteiger partial charge in [0.05, 0.1) is 0 Å². The van der Waals surface area contributed by atoms with Crippen molar-refractivity contribution in [1.82, 2.24) is 15.5 Å². The van der Waals surface area contributed by atoms with Gasteiger partial charge >= 0.3 is 6.03 Å². The molecular formula is C17H27N3OS. The van der Waals surface area contributed by atoms with Crippen molar-refractivity contribution in [2.24, 2.45) is 5.92 Å². The molecule has 0 unspecified atom stereocenters. The lowest BCUT2D eigenvalue weighted by Gasteiger charge is -2.28. The Labute approximate surface area is 137 Å². The van der Waals surface area contributed by atoms with Crippen LogP contribution in [0.4, 0.5) is 4.79 Å². The third kappa shape index (κ3) is 4.23. The molecule has 1 aliphatic carbocycles. The Morgan fingerprint density at radius 3 is 3.00 bits per heavy atom. The molecule has 3 rings (SSSR count). The van der Waals surface area contributed by atoms with Gasteiger partial charge in [0.15, 0.2) is 0 Å². The van der Waals surface area contributed by atoms with Crippen LogP contribution in [0.25, 0.3) is 0 Å². The second-order valence-corrected chi connectivity index (χ2v) is 7.75. The van der Waals surface area contributed by atoms with E-state index < -0.39 is 0 Å². The summed E-state index contributed by atoms with van der Waals surface area (Å²) in [5.41, 5.74) is 1.47. The van der Waals surface area contributed by atoms with E-state index in [2.05, 4.69) is 33.9 Å². The summed E-state index contributed by atoms with van der Waals surface area (Å²) in [7, 11) is 0. The number of hydrogen-bond acceptors (Lipinski definition) is 3. The van der Waals surface area contributed by atoms with E-state index >= 15 is 0 Å². The molecule has 0 spiro atoms. The first-order valence-corrected chi connectivity index (χ1v) is 9.40. The van der Waals surface area contributed by atoms with Crippen molar-refractivity contribution in [1.29, 1.82) is 0 Å². The average molecular weight is 321 g/mol. The maximum atomic E-state index is 12.0. The van der Waals surface area contributed by atoms with Crippen LogP contribution >= 0.6 is 11.3 Å². The van der Waals surface area contributed by atoms with Gasteiger partial charge in [0, 0.05) is 37.1 Å². The molecule has 1 saturated carbocycles. The van der Waals surface area contributed by atoms with Crippen molar-refractivity contribution in [2.75, 3.05) is 19.6 Å². The van der Waals surface area contributed by atoms with Crippen molar-refractivity contribution in [3.05, 3.63) is 21.9 Å². The molecule has 1 fully saturated rings. The lowest BCUT2D eigenvalue weighted by Crippen LogP contribution is -2.46. The molecule has 0 radical (unpaired) electrons. The Bertz CT molecular complexity index is 494. The Morgan fingerprint density at radius 1 is 1.36 bits per heavy atom. The van der Waals surface area contributed by atoms with Crippen LogP contribution in [0.15, 0.2) is 11.4 Å². The number of carbonyl (C=O) groups excluding carboxylic acids is 1. The summed E-state index contributed by atoms with van der Waals surface area (Å²) < 4.78 is 0. The number of nitrogens with one attached hydrogen (secondary N) is 2. The first-order chi connectivity index (χ1) is 10.7. The molecule has 2 aliphatic rings. The summed E-state index contributed by atoms with van der Waals surface area (Å²) in [5, 5.41) is 8.32. The Morgan fingerprint density at radius 2 is 2.18 bits per heavy atom. The van der Waals surface area contributed by atoms with Gasteiger partial charge in [-0.25, -0.2) is 4.79 Å². The number of urea groups is 1. The predicted molar refractivity (Wildman–Crippen MR) is 91.3 cm³/mol. The summed E-state index contributed by atoms with van der Waals surface area (Å²) in [6, 6.07) is 2.61. The van der Waals surface area contributed by atoms with Crippen molar-refractivity contribution < 1.29 is 4.79 Å². The van der Waals surface area contributed by atoms with Crippen molar-refractivity contribution in [2.45, 2.75) is 51.6 Å². The van der Waals surface area contributed by atoms with Gasteiger partial charge in [-0.1, -0.05) is 6.92 Å². The summed E-state index contributed by atoms with van der Waals surface area (Å²) in [4.78, 5) is 15.9. The molecule has 0 saturated heterocycles. The smallest absolute Gasteiger partial charge is 0.315 e. The Balaban J connectivity index is 1.32. The minimum absolute atomic E-state index is 0.00721. The number of nitrogens with zero attached hydrogens (tertiary/aromatic N) is 1. The van der Waals surface area contributed by atoms with E-state index in [1.807, 2.05) is 11.3 Å². The highest BCUT2D eigenvalue weighted by Gasteiger charge is 2.20. The summed E-state index contributed by atoms with van der Waals surface area (Å²) >= 11 is 1.87. The monoisotopic (exact) mass is 321 g/mol. The van der Waals surface area contributed by atoms with E-state index in [1.165, 1.54) is 23.3 Å². The lowest BCUT2D eigenvalue weighted by molar-refractivity contribution is 0.221. The van der Waals surface area contributed by atoms with Crippen molar-refractivity contribution >= 4 is 17.4 Å². The second kappa shape index (κ2) is 7.47. The highest BCUT2D eigenvalue weighted by atomic mass is 32.1. The maximum Gasteiger partial charge on any atom is 0.315 e. The zero-order valence-corrected chi connectivity index (χ0v) is 14.3. The topological polar surface area (TPSA) is 44.4 Å². The molecular weight excluding hydrogens is 294 g/mol. The molecule has 2 N–H and O–H groups in total. The quantitative estimate of drug-likeness (QED) is 0.895. The van der Waals surface area contributed by atoms with Crippen LogP contribution in [-0.4, -0.2) is 36.6 Å². The van der Waals surface area contributed by atoms with Gasteiger partial charge in [-0.3, -0.25) is 4.90 Å². The van der Waals surface area contributed by atoms with Gasteiger partial charge in [0.2, 0.25) is 0 Å². The standard InChI is InChI=1S/C17H27N3OS/c1-13-2-4-15(5-3-13)19-17(21)18-8-10-20-9-6-16-14(12-20)7-11-22-16/h7,11,13,15H,2-6,8-10,12H2,1H3,(H2,18,19,21). The maximum absolute atomic E-state index is 12.0. The number of rotatable bonds is 4. The van der Waals surface area contributed by atoms with Gasteiger partial charge in [-0.15, -0.1) is 11.3 Å². The summed E-state index contributed by atoms with van der Waals surface area (Å²) in [5.74, 6) is 0.821. The zero-order chi connectivity index (χ0) is 15.4. The van der Waals surface area contributed by atoms with Crippen molar-refractivity contribution in [3.63, 3.8) is 0 Å². The van der Waals surface area contributed by atoms with Crippen LogP contribution in [-0.2, 0) is 13.0 Å². The first kappa shape index (κ1) is 15.8. The third-order valence-corrected chi connectivity index (χ3v) is 5.97. The van der Waals surface area contributed by atoms with E-state index in [9.17, 15) is 4.79 Å². The summed E-state index contributed by atoms with van der Waals surface area (Å²) in [6.45, 7) is 6.10. The van der Waals surface area contributed by atoms with Crippen LogP contribution in [0.1, 0.15) is 43.0 Å². The van der Waals surface area contributed by atoms with Gasteiger partial charge < -0.3 is 10.6 Å². The third-order valence-electron chi connectivity index (χ3n) is 4.95. The highest BCUT2D eigenvalue weighted by molar-refractivity contribution is 7.10. The average Bonchev–Trinajstić information content (AvgIpc) is 2.97. The van der Waals surface area contributed by atoms with Gasteiger partial charge in [0.1, 0.15) is 0 Å². The second-order valence-electron chi connectivity index (χ2n) is 6.75. The number of thiophene rings is 1. The van der Waals surface area contributed by atoms with Crippen LogP contribution < -0.4 is 10.6 Å². The van der Waals surface area contributed by atoms with Crippen molar-refractivity contribution in [3.8, 4) is 0 Å². The number of fused-ring (bicyclic) bond motifs is 1. The van der Waals surface area contributed by atoms with Crippen LogP contribution in [0.3, 0.4) is 0 Å². The molecule has 4 nitrogen and oxygen atoms in total. The Hall–Kier alpha value is -1.07. The first-order valence-electron chi connectivity index (χ1n) is 8.52. The highest BCUT2D eigenvalue weighted by Crippen LogP contribution is 2.24. The molecule has 2 heterocycles. The Kier molecular flexibility index (Phi) is 5.37. The normalized spacial score (nSPS) is 25.5. The SMILES string of the molecule is CC1CCC(NC(=O)NCCN2CCc3sccc3C2)CC1.